The largest absolute Gasteiger partial charge is 0.399 e. The molecule has 0 aliphatic rings. The molecule has 0 atom stereocenters. The van der Waals surface area contributed by atoms with E-state index >= 15 is 0 Å². The average molecular weight is 326 g/mol. The van der Waals surface area contributed by atoms with Crippen LogP contribution in [0.3, 0.4) is 0 Å². The van der Waals surface area contributed by atoms with Crippen LogP contribution in [0.5, 0.6) is 0 Å². The van der Waals surface area contributed by atoms with Crippen molar-refractivity contribution in [3.63, 3.8) is 0 Å². The van der Waals surface area contributed by atoms with Crippen molar-refractivity contribution >= 4 is 11.6 Å². The number of nitrogens with one attached hydrogen (secondary N) is 1. The second kappa shape index (κ2) is 6.86. The molecule has 3 N–H and O–H groups in total. The molecule has 1 aromatic heterocycles. The summed E-state index contributed by atoms with van der Waals surface area (Å²) in [6, 6.07) is 13.0. The monoisotopic (exact) mass is 326 g/mol. The first-order valence-electron chi connectivity index (χ1n) is 7.25. The highest BCUT2D eigenvalue weighted by molar-refractivity contribution is 5.75. The molecule has 122 valence electrons. The maximum Gasteiger partial charge on any atom is 0.243 e. The van der Waals surface area contributed by atoms with Gasteiger partial charge in [0.05, 0.1) is 0 Å². The highest BCUT2D eigenvalue weighted by Crippen LogP contribution is 2.15. The number of nitrogens with zero attached hydrogens (tertiary/aromatic N) is 4. The van der Waals surface area contributed by atoms with Gasteiger partial charge < -0.3 is 11.1 Å². The van der Waals surface area contributed by atoms with Gasteiger partial charge in [0, 0.05) is 17.8 Å². The van der Waals surface area contributed by atoms with Crippen LogP contribution in [0.15, 0.2) is 48.5 Å². The van der Waals surface area contributed by atoms with Crippen molar-refractivity contribution in [1.82, 2.24) is 25.5 Å². The SMILES string of the molecule is Nc1ccc(-c2nnn(CC(=O)NCc3ccc(F)cc3)n2)cc1. The lowest BCUT2D eigenvalue weighted by Crippen LogP contribution is -2.28. The topological polar surface area (TPSA) is 98.7 Å². The van der Waals surface area contributed by atoms with Gasteiger partial charge in [0.15, 0.2) is 0 Å². The van der Waals surface area contributed by atoms with Gasteiger partial charge in [-0.05, 0) is 47.2 Å². The highest BCUT2D eigenvalue weighted by atomic mass is 19.1. The molecular formula is C16H15FN6O. The number of anilines is 1. The molecule has 7 nitrogen and oxygen atoms in total. The third kappa shape index (κ3) is 3.92. The molecule has 24 heavy (non-hydrogen) atoms. The molecule has 1 heterocycles. The van der Waals surface area contributed by atoms with Gasteiger partial charge in [-0.2, -0.15) is 4.80 Å². The third-order valence-corrected chi connectivity index (χ3v) is 3.31. The predicted molar refractivity (Wildman–Crippen MR) is 85.9 cm³/mol. The fourth-order valence-corrected chi connectivity index (χ4v) is 2.05. The third-order valence-electron chi connectivity index (χ3n) is 3.31. The second-order valence-electron chi connectivity index (χ2n) is 5.17. The first-order chi connectivity index (χ1) is 11.6. The number of hydrogen-bond donors (Lipinski definition) is 2. The summed E-state index contributed by atoms with van der Waals surface area (Å²) in [6.07, 6.45) is 0. The van der Waals surface area contributed by atoms with Crippen molar-refractivity contribution in [3.8, 4) is 11.4 Å². The zero-order valence-electron chi connectivity index (χ0n) is 12.7. The van der Waals surface area contributed by atoms with Crippen molar-refractivity contribution < 1.29 is 9.18 Å². The summed E-state index contributed by atoms with van der Waals surface area (Å²) in [5.74, 6) is -0.158. The summed E-state index contributed by atoms with van der Waals surface area (Å²) in [5, 5.41) is 14.6. The number of rotatable bonds is 5. The molecule has 8 heteroatoms. The minimum Gasteiger partial charge on any atom is -0.399 e. The molecule has 0 saturated carbocycles. The number of hydrogen-bond acceptors (Lipinski definition) is 5. The molecule has 0 fully saturated rings. The first kappa shape index (κ1) is 15.6. The maximum absolute atomic E-state index is 12.8. The summed E-state index contributed by atoms with van der Waals surface area (Å²) < 4.78 is 12.8. The molecule has 0 aliphatic carbocycles. The van der Waals surface area contributed by atoms with Crippen LogP contribution in [-0.2, 0) is 17.9 Å². The molecule has 3 aromatic rings. The molecule has 0 radical (unpaired) electrons. The van der Waals surface area contributed by atoms with E-state index in [-0.39, 0.29) is 18.3 Å². The number of benzene rings is 2. The van der Waals surface area contributed by atoms with E-state index in [1.165, 1.54) is 16.9 Å². The fourth-order valence-electron chi connectivity index (χ4n) is 2.05. The van der Waals surface area contributed by atoms with Crippen molar-refractivity contribution in [2.24, 2.45) is 0 Å². The molecule has 0 unspecified atom stereocenters. The van der Waals surface area contributed by atoms with Crippen molar-refractivity contribution in [2.45, 2.75) is 13.1 Å². The van der Waals surface area contributed by atoms with Crippen LogP contribution in [0.25, 0.3) is 11.4 Å². The summed E-state index contributed by atoms with van der Waals surface area (Å²) >= 11 is 0. The lowest BCUT2D eigenvalue weighted by Gasteiger charge is -2.04. The number of nitrogens with two attached hydrogens (primary N) is 1. The van der Waals surface area contributed by atoms with Crippen molar-refractivity contribution in [3.05, 3.63) is 59.9 Å². The van der Waals surface area contributed by atoms with Crippen LogP contribution in [0.4, 0.5) is 10.1 Å². The Labute approximate surface area is 137 Å². The van der Waals surface area contributed by atoms with Gasteiger partial charge in [0.2, 0.25) is 11.7 Å². The number of carbonyl (C=O) groups is 1. The van der Waals surface area contributed by atoms with Gasteiger partial charge in [-0.3, -0.25) is 4.79 Å². The second-order valence-corrected chi connectivity index (χ2v) is 5.17. The molecule has 0 spiro atoms. The van der Waals surface area contributed by atoms with E-state index in [1.807, 2.05) is 0 Å². The number of carbonyl (C=O) groups excluding carboxylic acids is 1. The van der Waals surface area contributed by atoms with Gasteiger partial charge in [-0.25, -0.2) is 4.39 Å². The lowest BCUT2D eigenvalue weighted by atomic mass is 10.2. The Morgan fingerprint density at radius 3 is 2.54 bits per heavy atom. The van der Waals surface area contributed by atoms with E-state index in [1.54, 1.807) is 36.4 Å². The van der Waals surface area contributed by atoms with Crippen molar-refractivity contribution in [2.75, 3.05) is 5.73 Å². The molecule has 2 aromatic carbocycles. The number of aromatic nitrogens is 4. The zero-order valence-corrected chi connectivity index (χ0v) is 12.7. The minimum atomic E-state index is -0.313. The molecule has 0 bridgehead atoms. The predicted octanol–water partition coefficient (Wildman–Crippen LogP) is 1.38. The first-order valence-corrected chi connectivity index (χ1v) is 7.25. The number of amides is 1. The maximum atomic E-state index is 12.8. The molecule has 0 aliphatic heterocycles. The summed E-state index contributed by atoms with van der Waals surface area (Å²) in [5.41, 5.74) is 7.85. The van der Waals surface area contributed by atoms with E-state index in [4.69, 9.17) is 5.73 Å². The van der Waals surface area contributed by atoms with E-state index in [0.29, 0.717) is 18.1 Å². The smallest absolute Gasteiger partial charge is 0.243 e. The van der Waals surface area contributed by atoms with Crippen LogP contribution in [-0.4, -0.2) is 26.1 Å². The van der Waals surface area contributed by atoms with E-state index in [2.05, 4.69) is 20.7 Å². The Kier molecular flexibility index (Phi) is 4.46. The fraction of sp³-hybridized carbons (Fsp3) is 0.125. The number of halogens is 1. The highest BCUT2D eigenvalue weighted by Gasteiger charge is 2.09. The zero-order chi connectivity index (χ0) is 16.9. The van der Waals surface area contributed by atoms with Gasteiger partial charge in [0.25, 0.3) is 0 Å². The van der Waals surface area contributed by atoms with Crippen LogP contribution in [0, 0.1) is 5.82 Å². The molecule has 1 amide bonds. The van der Waals surface area contributed by atoms with Gasteiger partial charge in [-0.1, -0.05) is 12.1 Å². The number of nitrogen functional groups attached to an aromatic ring is 1. The van der Waals surface area contributed by atoms with E-state index < -0.39 is 0 Å². The lowest BCUT2D eigenvalue weighted by molar-refractivity contribution is -0.122. The van der Waals surface area contributed by atoms with E-state index in [9.17, 15) is 9.18 Å². The Morgan fingerprint density at radius 1 is 1.12 bits per heavy atom. The average Bonchev–Trinajstić information content (AvgIpc) is 3.03. The Bertz CT molecular complexity index is 829. The summed E-state index contributed by atoms with van der Waals surface area (Å²) in [4.78, 5) is 13.1. The van der Waals surface area contributed by atoms with Crippen LogP contribution in [0.1, 0.15) is 5.56 Å². The molecule has 3 rings (SSSR count). The summed E-state index contributed by atoms with van der Waals surface area (Å²) in [7, 11) is 0. The molecular weight excluding hydrogens is 311 g/mol. The van der Waals surface area contributed by atoms with Crippen LogP contribution >= 0.6 is 0 Å². The standard InChI is InChI=1S/C16H15FN6O/c17-13-5-1-11(2-6-13)9-19-15(24)10-23-21-16(20-22-23)12-3-7-14(18)8-4-12/h1-8H,9-10,18H2,(H,19,24). The van der Waals surface area contributed by atoms with Gasteiger partial charge >= 0.3 is 0 Å². The quantitative estimate of drug-likeness (QED) is 0.690. The van der Waals surface area contributed by atoms with E-state index in [0.717, 1.165) is 11.1 Å². The number of tetrazole rings is 1. The minimum absolute atomic E-state index is 0.0524. The van der Waals surface area contributed by atoms with Crippen molar-refractivity contribution in [1.29, 1.82) is 0 Å². The van der Waals surface area contributed by atoms with Gasteiger partial charge in [0.1, 0.15) is 12.4 Å². The normalized spacial score (nSPS) is 10.5. The Hall–Kier alpha value is -3.29. The van der Waals surface area contributed by atoms with Crippen LogP contribution < -0.4 is 11.1 Å². The van der Waals surface area contributed by atoms with Crippen LogP contribution in [0.2, 0.25) is 0 Å². The summed E-state index contributed by atoms with van der Waals surface area (Å²) in [6.45, 7) is 0.252. The molecule has 0 saturated heterocycles. The Morgan fingerprint density at radius 2 is 1.83 bits per heavy atom. The Balaban J connectivity index is 1.57. The van der Waals surface area contributed by atoms with Gasteiger partial charge in [-0.15, -0.1) is 10.2 Å².